The lowest BCUT2D eigenvalue weighted by atomic mass is 10.0. The van der Waals surface area contributed by atoms with Crippen molar-refractivity contribution < 1.29 is 19.6 Å². The number of ether oxygens (including phenoxy) is 1. The van der Waals surface area contributed by atoms with Crippen LogP contribution in [0.3, 0.4) is 0 Å². The summed E-state index contributed by atoms with van der Waals surface area (Å²) < 4.78 is 5.61. The third-order valence-electron chi connectivity index (χ3n) is 5.56. The number of anilines is 1. The number of amides is 1. The fourth-order valence-corrected chi connectivity index (χ4v) is 3.44. The van der Waals surface area contributed by atoms with Gasteiger partial charge in [-0.1, -0.05) is 18.2 Å². The lowest BCUT2D eigenvalue weighted by Gasteiger charge is -2.28. The Hall–Kier alpha value is -3.50. The van der Waals surface area contributed by atoms with Crippen LogP contribution in [0.5, 0.6) is 5.75 Å². The number of hydrogen-bond donors (Lipinski definition) is 4. The third kappa shape index (κ3) is 7.00. The minimum atomic E-state index is -0.783. The maximum atomic E-state index is 11.2. The molecule has 0 bridgehead atoms. The molecule has 3 rings (SSSR count). The van der Waals surface area contributed by atoms with E-state index in [2.05, 4.69) is 21.2 Å². The SMILES string of the molecule is Cc1c(OCC(O)CNC(C)(C)CNc2ccc(C3=NNC(=O)CC3)cc2)cccc1[N+](=O)[O-]. The molecule has 0 aliphatic carbocycles. The number of hydrazone groups is 1. The molecule has 0 fully saturated rings. The van der Waals surface area contributed by atoms with E-state index in [1.165, 1.54) is 6.07 Å². The zero-order valence-electron chi connectivity index (χ0n) is 19.6. The molecule has 2 aromatic rings. The Bertz CT molecular complexity index is 1050. The number of hydrogen-bond acceptors (Lipinski definition) is 8. The van der Waals surface area contributed by atoms with Crippen molar-refractivity contribution in [1.29, 1.82) is 0 Å². The van der Waals surface area contributed by atoms with Gasteiger partial charge in [0.1, 0.15) is 18.5 Å². The van der Waals surface area contributed by atoms with Crippen LogP contribution in [0, 0.1) is 17.0 Å². The summed E-state index contributed by atoms with van der Waals surface area (Å²) in [6.07, 6.45) is 0.289. The van der Waals surface area contributed by atoms with Crippen molar-refractivity contribution in [3.05, 3.63) is 63.7 Å². The minimum absolute atomic E-state index is 0.0103. The molecular weight excluding hydrogens is 438 g/mol. The van der Waals surface area contributed by atoms with Crippen LogP contribution >= 0.6 is 0 Å². The number of benzene rings is 2. The van der Waals surface area contributed by atoms with Crippen molar-refractivity contribution in [3.63, 3.8) is 0 Å². The number of nitrogens with zero attached hydrogens (tertiary/aromatic N) is 2. The molecule has 0 saturated heterocycles. The predicted octanol–water partition coefficient (Wildman–Crippen LogP) is 2.74. The monoisotopic (exact) mass is 469 g/mol. The average Bonchev–Trinajstić information content (AvgIpc) is 2.81. The van der Waals surface area contributed by atoms with Crippen molar-refractivity contribution in [2.45, 2.75) is 45.3 Å². The molecule has 0 radical (unpaired) electrons. The topological polar surface area (TPSA) is 138 Å². The molecule has 10 heteroatoms. The number of aliphatic hydroxyl groups excluding tert-OH is 1. The smallest absolute Gasteiger partial charge is 0.276 e. The number of aliphatic hydroxyl groups is 1. The van der Waals surface area contributed by atoms with Gasteiger partial charge in [0.25, 0.3) is 5.69 Å². The Morgan fingerprint density at radius 1 is 1.24 bits per heavy atom. The van der Waals surface area contributed by atoms with Gasteiger partial charge in [-0.2, -0.15) is 5.10 Å². The van der Waals surface area contributed by atoms with E-state index in [0.717, 1.165) is 17.0 Å². The molecule has 0 saturated carbocycles. The lowest BCUT2D eigenvalue weighted by molar-refractivity contribution is -0.385. The number of rotatable bonds is 11. The van der Waals surface area contributed by atoms with Gasteiger partial charge in [-0.3, -0.25) is 14.9 Å². The van der Waals surface area contributed by atoms with Crippen molar-refractivity contribution in [1.82, 2.24) is 10.7 Å². The van der Waals surface area contributed by atoms with Crippen LogP contribution in [-0.4, -0.2) is 53.0 Å². The van der Waals surface area contributed by atoms with E-state index in [0.29, 0.717) is 37.2 Å². The van der Waals surface area contributed by atoms with Crippen molar-refractivity contribution in [3.8, 4) is 5.75 Å². The summed E-state index contributed by atoms with van der Waals surface area (Å²) in [5.74, 6) is 0.326. The first-order valence-electron chi connectivity index (χ1n) is 11.1. The number of carbonyl (C=O) groups excluding carboxylic acids is 1. The average molecular weight is 470 g/mol. The Morgan fingerprint density at radius 2 is 1.97 bits per heavy atom. The highest BCUT2D eigenvalue weighted by Gasteiger charge is 2.20. The van der Waals surface area contributed by atoms with Gasteiger partial charge in [-0.05, 0) is 44.5 Å². The highest BCUT2D eigenvalue weighted by molar-refractivity contribution is 6.04. The first-order chi connectivity index (χ1) is 16.1. The number of β-amino-alcohol motifs (C(OH)–C–C–N with tert-alkyl or cyclic N) is 1. The molecule has 34 heavy (non-hydrogen) atoms. The summed E-state index contributed by atoms with van der Waals surface area (Å²) in [6.45, 7) is 6.59. The molecule has 1 amide bonds. The fourth-order valence-electron chi connectivity index (χ4n) is 3.44. The first kappa shape index (κ1) is 25.1. The molecule has 1 unspecified atom stereocenters. The van der Waals surface area contributed by atoms with Crippen LogP contribution in [0.2, 0.25) is 0 Å². The van der Waals surface area contributed by atoms with Gasteiger partial charge in [0.2, 0.25) is 5.91 Å². The van der Waals surface area contributed by atoms with Gasteiger partial charge in [0, 0.05) is 43.2 Å². The second-order valence-electron chi connectivity index (χ2n) is 8.91. The van der Waals surface area contributed by atoms with E-state index in [4.69, 9.17) is 4.74 Å². The predicted molar refractivity (Wildman–Crippen MR) is 130 cm³/mol. The summed E-state index contributed by atoms with van der Waals surface area (Å²) in [5, 5.41) is 32.2. The van der Waals surface area contributed by atoms with Crippen LogP contribution in [0.25, 0.3) is 0 Å². The zero-order valence-corrected chi connectivity index (χ0v) is 19.6. The normalized spacial score (nSPS) is 14.7. The van der Waals surface area contributed by atoms with Gasteiger partial charge < -0.3 is 20.5 Å². The first-order valence-corrected chi connectivity index (χ1v) is 11.1. The van der Waals surface area contributed by atoms with Gasteiger partial charge >= 0.3 is 0 Å². The molecule has 1 atom stereocenters. The van der Waals surface area contributed by atoms with E-state index in [1.54, 1.807) is 19.1 Å². The van der Waals surface area contributed by atoms with Gasteiger partial charge in [-0.15, -0.1) is 0 Å². The van der Waals surface area contributed by atoms with E-state index in [-0.39, 0.29) is 23.7 Å². The van der Waals surface area contributed by atoms with E-state index < -0.39 is 11.0 Å². The Balaban J connectivity index is 1.44. The standard InChI is InChI=1S/C24H31N5O5/c1-16-21(29(32)33)5-4-6-22(16)34-14-19(30)13-26-24(2,3)15-25-18-9-7-17(8-10-18)20-11-12-23(31)28-27-20/h4-10,19,25-26,30H,11-15H2,1-3H3,(H,28,31). The number of nitrogens with one attached hydrogen (secondary N) is 3. The molecule has 1 aliphatic heterocycles. The second-order valence-corrected chi connectivity index (χ2v) is 8.91. The highest BCUT2D eigenvalue weighted by atomic mass is 16.6. The zero-order chi connectivity index (χ0) is 24.7. The largest absolute Gasteiger partial charge is 0.490 e. The molecule has 182 valence electrons. The van der Waals surface area contributed by atoms with Gasteiger partial charge in [-0.25, -0.2) is 5.43 Å². The molecule has 1 heterocycles. The Kier molecular flexibility index (Phi) is 8.19. The maximum absolute atomic E-state index is 11.2. The van der Waals surface area contributed by atoms with Gasteiger partial charge in [0.05, 0.1) is 16.2 Å². The van der Waals surface area contributed by atoms with E-state index in [9.17, 15) is 20.0 Å². The van der Waals surface area contributed by atoms with E-state index >= 15 is 0 Å². The summed E-state index contributed by atoms with van der Waals surface area (Å²) >= 11 is 0. The molecule has 1 aliphatic rings. The van der Waals surface area contributed by atoms with Crippen LogP contribution in [-0.2, 0) is 4.79 Å². The summed E-state index contributed by atoms with van der Waals surface area (Å²) in [5.41, 5.74) is 5.40. The van der Waals surface area contributed by atoms with Gasteiger partial charge in [0.15, 0.2) is 0 Å². The summed E-state index contributed by atoms with van der Waals surface area (Å²) in [6, 6.07) is 12.5. The van der Waals surface area contributed by atoms with Crippen LogP contribution < -0.4 is 20.8 Å². The summed E-state index contributed by atoms with van der Waals surface area (Å²) in [4.78, 5) is 21.8. The minimum Gasteiger partial charge on any atom is -0.490 e. The fraction of sp³-hybridized carbons (Fsp3) is 0.417. The van der Waals surface area contributed by atoms with E-state index in [1.807, 2.05) is 38.1 Å². The van der Waals surface area contributed by atoms with Crippen LogP contribution in [0.1, 0.15) is 37.8 Å². The molecule has 4 N–H and O–H groups in total. The molecular formula is C24H31N5O5. The van der Waals surface area contributed by atoms with Crippen molar-refractivity contribution in [2.75, 3.05) is 25.0 Å². The third-order valence-corrected chi connectivity index (χ3v) is 5.56. The van der Waals surface area contributed by atoms with Crippen LogP contribution in [0.4, 0.5) is 11.4 Å². The molecule has 10 nitrogen and oxygen atoms in total. The molecule has 0 aromatic heterocycles. The second kappa shape index (κ2) is 11.1. The summed E-state index contributed by atoms with van der Waals surface area (Å²) in [7, 11) is 0. The lowest BCUT2D eigenvalue weighted by Crippen LogP contribution is -2.49. The quantitative estimate of drug-likeness (QED) is 0.293. The number of carbonyl (C=O) groups is 1. The highest BCUT2D eigenvalue weighted by Crippen LogP contribution is 2.27. The Labute approximate surface area is 198 Å². The van der Waals surface area contributed by atoms with Crippen molar-refractivity contribution >= 4 is 23.0 Å². The number of nitro benzene ring substituents is 1. The Morgan fingerprint density at radius 3 is 2.62 bits per heavy atom. The number of nitro groups is 1. The molecule has 0 spiro atoms. The maximum Gasteiger partial charge on any atom is 0.276 e. The molecule has 2 aromatic carbocycles. The van der Waals surface area contributed by atoms with Crippen LogP contribution in [0.15, 0.2) is 47.6 Å². The van der Waals surface area contributed by atoms with Crippen molar-refractivity contribution in [2.24, 2.45) is 5.10 Å².